The molecule has 10 heteroatoms. The summed E-state index contributed by atoms with van der Waals surface area (Å²) in [6.45, 7) is 12.8. The van der Waals surface area contributed by atoms with E-state index in [2.05, 4.69) is 37.2 Å². The first kappa shape index (κ1) is 25.2. The van der Waals surface area contributed by atoms with Crippen LogP contribution in [0.5, 0.6) is 0 Å². The molecule has 0 atom stereocenters. The number of imidazole rings is 1. The van der Waals surface area contributed by atoms with Gasteiger partial charge in [0.15, 0.2) is 5.69 Å². The fourth-order valence-corrected chi connectivity index (χ4v) is 3.78. The zero-order valence-electron chi connectivity index (χ0n) is 19.3. The Hall–Kier alpha value is -3.89. The summed E-state index contributed by atoms with van der Waals surface area (Å²) >= 11 is 0. The van der Waals surface area contributed by atoms with Gasteiger partial charge in [0.1, 0.15) is 6.33 Å². The number of nitrogens with zero attached hydrogens (tertiary/aromatic N) is 7. The van der Waals surface area contributed by atoms with Crippen LogP contribution in [0.1, 0.15) is 30.9 Å². The van der Waals surface area contributed by atoms with Gasteiger partial charge in [0, 0.05) is 51.6 Å². The van der Waals surface area contributed by atoms with Crippen LogP contribution in [0, 0.1) is 37.5 Å². The summed E-state index contributed by atoms with van der Waals surface area (Å²) in [7, 11) is 0. The average Bonchev–Trinajstić information content (AvgIpc) is 3.30. The standard InChI is InChI=1S/C26H17F2N7.Pt/c1-15-23-25(31-13-30-15)35(14-32-23)21-10-6-9-20(34-21)26(2,3)19-8-5-7-18(33-19)16-11-12-17(27)24(29-4)22(16)28;/h5-10,12-13H,1-3H3;/q-2;+2. The summed E-state index contributed by atoms with van der Waals surface area (Å²) in [4.78, 5) is 25.2. The maximum atomic E-state index is 14.8. The number of hydrogen-bond donors (Lipinski definition) is 0. The van der Waals surface area contributed by atoms with Crippen molar-refractivity contribution >= 4 is 16.9 Å². The number of benzene rings is 1. The van der Waals surface area contributed by atoms with E-state index in [-0.39, 0.29) is 32.3 Å². The van der Waals surface area contributed by atoms with E-state index in [1.165, 1.54) is 6.33 Å². The fraction of sp³-hybridized carbons (Fsp3) is 0.154. The number of hydrogen-bond acceptors (Lipinski definition) is 5. The molecule has 0 saturated carbocycles. The molecule has 4 aromatic heterocycles. The molecule has 0 fully saturated rings. The Morgan fingerprint density at radius 1 is 1.03 bits per heavy atom. The Labute approximate surface area is 220 Å². The smallest absolute Gasteiger partial charge is 0.396 e. The van der Waals surface area contributed by atoms with Crippen LogP contribution in [-0.4, -0.2) is 29.5 Å². The van der Waals surface area contributed by atoms with Crippen LogP contribution in [0.4, 0.5) is 14.5 Å². The molecule has 0 aliphatic carbocycles. The molecule has 5 aromatic rings. The third-order valence-corrected chi connectivity index (χ3v) is 5.82. The minimum atomic E-state index is -0.984. The van der Waals surface area contributed by atoms with Gasteiger partial charge >= 0.3 is 21.1 Å². The summed E-state index contributed by atoms with van der Waals surface area (Å²) in [6.07, 6.45) is 4.40. The molecule has 0 aliphatic rings. The Morgan fingerprint density at radius 3 is 2.50 bits per heavy atom. The SMILES string of the molecule is [C-]#[N+]c1c(F)c[c-]c(-c2cccc(C(C)(C)c3cccc(-n4[c-]nc5c(C)ncnc54)n3)n2)c1F.[Pt+2]. The Bertz CT molecular complexity index is 1640. The van der Waals surface area contributed by atoms with Gasteiger partial charge in [-0.2, -0.15) is 0 Å². The first-order chi connectivity index (χ1) is 16.8. The van der Waals surface area contributed by atoms with E-state index in [0.717, 1.165) is 11.8 Å². The number of rotatable bonds is 4. The topological polar surface area (TPSA) is 73.7 Å². The molecule has 180 valence electrons. The second-order valence-corrected chi connectivity index (χ2v) is 8.38. The van der Waals surface area contributed by atoms with Crippen LogP contribution in [0.2, 0.25) is 0 Å². The normalized spacial score (nSPS) is 11.2. The van der Waals surface area contributed by atoms with Crippen LogP contribution in [-0.2, 0) is 26.5 Å². The van der Waals surface area contributed by atoms with E-state index in [1.54, 1.807) is 16.7 Å². The van der Waals surface area contributed by atoms with E-state index in [9.17, 15) is 8.78 Å². The molecular formula is C26H17F2N7Pt. The third-order valence-electron chi connectivity index (χ3n) is 5.82. The van der Waals surface area contributed by atoms with Crippen molar-refractivity contribution in [2.24, 2.45) is 0 Å². The van der Waals surface area contributed by atoms with Crippen LogP contribution >= 0.6 is 0 Å². The van der Waals surface area contributed by atoms with E-state index in [0.29, 0.717) is 28.4 Å². The first-order valence-electron chi connectivity index (χ1n) is 10.6. The second kappa shape index (κ2) is 9.63. The zero-order valence-corrected chi connectivity index (χ0v) is 21.6. The van der Waals surface area contributed by atoms with E-state index >= 15 is 0 Å². The minimum absolute atomic E-state index is 0. The first-order valence-corrected chi connectivity index (χ1v) is 10.6. The summed E-state index contributed by atoms with van der Waals surface area (Å²) in [5, 5.41) is 0. The van der Waals surface area contributed by atoms with Crippen molar-refractivity contribution in [2.45, 2.75) is 26.2 Å². The van der Waals surface area contributed by atoms with Crippen molar-refractivity contribution in [3.63, 3.8) is 0 Å². The molecule has 0 saturated heterocycles. The van der Waals surface area contributed by atoms with Crippen molar-refractivity contribution in [3.05, 3.63) is 101 Å². The summed E-state index contributed by atoms with van der Waals surface area (Å²) in [6, 6.07) is 14.2. The molecule has 0 aliphatic heterocycles. The van der Waals surface area contributed by atoms with Crippen molar-refractivity contribution < 1.29 is 29.8 Å². The molecule has 36 heavy (non-hydrogen) atoms. The summed E-state index contributed by atoms with van der Waals surface area (Å²) in [5.41, 5.74) is 2.11. The third kappa shape index (κ3) is 4.18. The second-order valence-electron chi connectivity index (χ2n) is 8.38. The Morgan fingerprint density at radius 2 is 1.75 bits per heavy atom. The number of halogens is 2. The average molecular weight is 661 g/mol. The largest absolute Gasteiger partial charge is 2.00 e. The van der Waals surface area contributed by atoms with Crippen LogP contribution in [0.3, 0.4) is 0 Å². The van der Waals surface area contributed by atoms with Crippen molar-refractivity contribution in [2.75, 3.05) is 0 Å². The monoisotopic (exact) mass is 660 g/mol. The summed E-state index contributed by atoms with van der Waals surface area (Å²) < 4.78 is 30.2. The predicted molar refractivity (Wildman–Crippen MR) is 125 cm³/mol. The van der Waals surface area contributed by atoms with Crippen LogP contribution < -0.4 is 0 Å². The van der Waals surface area contributed by atoms with Gasteiger partial charge in [-0.15, -0.1) is 17.7 Å². The van der Waals surface area contributed by atoms with E-state index in [4.69, 9.17) is 11.6 Å². The molecule has 0 spiro atoms. The zero-order chi connectivity index (χ0) is 24.7. The van der Waals surface area contributed by atoms with Gasteiger partial charge in [-0.3, -0.25) is 28.6 Å². The molecule has 5 rings (SSSR count). The van der Waals surface area contributed by atoms with Crippen LogP contribution in [0.25, 0.3) is 33.1 Å². The van der Waals surface area contributed by atoms with Gasteiger partial charge in [-0.25, -0.2) is 0 Å². The van der Waals surface area contributed by atoms with Gasteiger partial charge in [-0.05, 0) is 38.6 Å². The Kier molecular flexibility index (Phi) is 6.74. The summed E-state index contributed by atoms with van der Waals surface area (Å²) in [5.74, 6) is -1.36. The van der Waals surface area contributed by atoms with Crippen molar-refractivity contribution in [3.8, 4) is 17.1 Å². The molecule has 0 bridgehead atoms. The molecular weight excluding hydrogens is 643 g/mol. The van der Waals surface area contributed by atoms with Gasteiger partial charge in [0.05, 0.1) is 12.4 Å². The molecule has 0 unspecified atom stereocenters. The number of aromatic nitrogens is 6. The Balaban J connectivity index is 0.00000304. The van der Waals surface area contributed by atoms with Gasteiger partial charge in [0.2, 0.25) is 0 Å². The molecule has 7 nitrogen and oxygen atoms in total. The maximum absolute atomic E-state index is 14.8. The maximum Gasteiger partial charge on any atom is 2.00 e. The number of aryl methyl sites for hydroxylation is 1. The number of fused-ring (bicyclic) bond motifs is 1. The van der Waals surface area contributed by atoms with Gasteiger partial charge in [-0.1, -0.05) is 24.3 Å². The minimum Gasteiger partial charge on any atom is -0.396 e. The van der Waals surface area contributed by atoms with E-state index in [1.807, 2.05) is 45.0 Å². The quantitative estimate of drug-likeness (QED) is 0.244. The van der Waals surface area contributed by atoms with Gasteiger partial charge in [0.25, 0.3) is 0 Å². The van der Waals surface area contributed by atoms with Crippen molar-refractivity contribution in [1.82, 2.24) is 29.5 Å². The van der Waals surface area contributed by atoms with E-state index < -0.39 is 22.7 Å². The van der Waals surface area contributed by atoms with Gasteiger partial charge < -0.3 is 14.5 Å². The van der Waals surface area contributed by atoms with Crippen molar-refractivity contribution in [1.29, 1.82) is 0 Å². The predicted octanol–water partition coefficient (Wildman–Crippen LogP) is 5.33. The molecule has 0 amide bonds. The molecule has 4 heterocycles. The number of pyridine rings is 2. The van der Waals surface area contributed by atoms with Crippen LogP contribution in [0.15, 0.2) is 48.8 Å². The molecule has 0 N–H and O–H groups in total. The molecule has 1 aromatic carbocycles. The fourth-order valence-electron chi connectivity index (χ4n) is 3.78. The molecule has 0 radical (unpaired) electrons.